The van der Waals surface area contributed by atoms with Crippen molar-refractivity contribution in [3.63, 3.8) is 0 Å². The maximum absolute atomic E-state index is 10.2. The lowest BCUT2D eigenvalue weighted by molar-refractivity contribution is -0.0216. The van der Waals surface area contributed by atoms with Gasteiger partial charge in [-0.05, 0) is 6.42 Å². The highest BCUT2D eigenvalue weighted by atomic mass is 16.7. The molecule has 1 saturated carbocycles. The second-order valence-electron chi connectivity index (χ2n) is 3.18. The standard InChI is InChI=1S/C7H11NO6/c8-7(14-6(11)12)2-1-4(3-7)13-5(9)10/h4H,1-3,8H2,(H,9,10)(H,11,12)/t4-,7+/m1/s1. The molecule has 1 rings (SSSR count). The van der Waals surface area contributed by atoms with Gasteiger partial charge in [-0.3, -0.25) is 5.73 Å². The maximum Gasteiger partial charge on any atom is 0.507 e. The van der Waals surface area contributed by atoms with Crippen LogP contribution in [-0.4, -0.2) is 34.4 Å². The first-order valence-electron chi connectivity index (χ1n) is 4.02. The number of hydrogen-bond acceptors (Lipinski definition) is 5. The minimum atomic E-state index is -1.47. The van der Waals surface area contributed by atoms with Gasteiger partial charge in [0.15, 0.2) is 5.72 Å². The molecule has 14 heavy (non-hydrogen) atoms. The average Bonchev–Trinajstić information content (AvgIpc) is 2.28. The van der Waals surface area contributed by atoms with E-state index in [0.717, 1.165) is 0 Å². The highest BCUT2D eigenvalue weighted by molar-refractivity contribution is 5.58. The number of carboxylic acid groups (broad SMARTS) is 2. The summed E-state index contributed by atoms with van der Waals surface area (Å²) in [6.07, 6.45) is -2.76. The molecule has 7 nitrogen and oxygen atoms in total. The molecule has 80 valence electrons. The molecule has 0 aliphatic heterocycles. The summed E-state index contributed by atoms with van der Waals surface area (Å²) >= 11 is 0. The predicted octanol–water partition coefficient (Wildman–Crippen LogP) is 0.583. The van der Waals surface area contributed by atoms with Crippen LogP contribution in [0, 0.1) is 0 Å². The van der Waals surface area contributed by atoms with Crippen molar-refractivity contribution in [2.75, 3.05) is 0 Å². The van der Waals surface area contributed by atoms with E-state index in [0.29, 0.717) is 6.42 Å². The van der Waals surface area contributed by atoms with Gasteiger partial charge in [-0.15, -0.1) is 0 Å². The van der Waals surface area contributed by atoms with Crippen LogP contribution in [0.2, 0.25) is 0 Å². The van der Waals surface area contributed by atoms with Crippen molar-refractivity contribution in [1.29, 1.82) is 0 Å². The van der Waals surface area contributed by atoms with Crippen LogP contribution in [0.4, 0.5) is 9.59 Å². The minimum Gasteiger partial charge on any atom is -0.450 e. The Bertz CT molecular complexity index is 255. The highest BCUT2D eigenvalue weighted by Gasteiger charge is 2.41. The van der Waals surface area contributed by atoms with Crippen LogP contribution < -0.4 is 5.73 Å². The summed E-state index contributed by atoms with van der Waals surface area (Å²) in [6.45, 7) is 0. The lowest BCUT2D eigenvalue weighted by atomic mass is 10.2. The Morgan fingerprint density at radius 3 is 2.50 bits per heavy atom. The van der Waals surface area contributed by atoms with Crippen LogP contribution in [-0.2, 0) is 9.47 Å². The number of rotatable bonds is 2. The van der Waals surface area contributed by atoms with E-state index in [9.17, 15) is 9.59 Å². The van der Waals surface area contributed by atoms with Crippen LogP contribution in [0.5, 0.6) is 0 Å². The third-order valence-electron chi connectivity index (χ3n) is 2.02. The molecule has 0 aromatic carbocycles. The summed E-state index contributed by atoms with van der Waals surface area (Å²) in [5, 5.41) is 16.7. The van der Waals surface area contributed by atoms with Gasteiger partial charge in [0, 0.05) is 12.8 Å². The van der Waals surface area contributed by atoms with Crippen LogP contribution >= 0.6 is 0 Å². The average molecular weight is 205 g/mol. The largest absolute Gasteiger partial charge is 0.507 e. The first kappa shape index (κ1) is 10.6. The molecule has 0 spiro atoms. The van der Waals surface area contributed by atoms with Crippen molar-refractivity contribution in [3.05, 3.63) is 0 Å². The fourth-order valence-corrected chi connectivity index (χ4v) is 1.50. The van der Waals surface area contributed by atoms with Gasteiger partial charge in [0.25, 0.3) is 0 Å². The van der Waals surface area contributed by atoms with Gasteiger partial charge in [-0.2, -0.15) is 0 Å². The lowest BCUT2D eigenvalue weighted by Crippen LogP contribution is -2.42. The molecule has 0 saturated heterocycles. The number of nitrogens with two attached hydrogens (primary N) is 1. The molecule has 0 amide bonds. The Morgan fingerprint density at radius 1 is 1.36 bits per heavy atom. The summed E-state index contributed by atoms with van der Waals surface area (Å²) in [4.78, 5) is 20.4. The predicted molar refractivity (Wildman–Crippen MR) is 42.8 cm³/mol. The highest BCUT2D eigenvalue weighted by Crippen LogP contribution is 2.30. The third-order valence-corrected chi connectivity index (χ3v) is 2.02. The molecule has 0 aromatic rings. The molecule has 1 fully saturated rings. The molecule has 0 unspecified atom stereocenters. The van der Waals surface area contributed by atoms with E-state index in [4.69, 9.17) is 15.9 Å². The zero-order chi connectivity index (χ0) is 10.8. The maximum atomic E-state index is 10.2. The van der Waals surface area contributed by atoms with E-state index < -0.39 is 24.1 Å². The molecule has 2 atom stereocenters. The van der Waals surface area contributed by atoms with Crippen LogP contribution in [0.3, 0.4) is 0 Å². The van der Waals surface area contributed by atoms with Gasteiger partial charge in [0.1, 0.15) is 6.10 Å². The molecular weight excluding hydrogens is 194 g/mol. The summed E-state index contributed by atoms with van der Waals surface area (Å²) in [7, 11) is 0. The van der Waals surface area contributed by atoms with Crippen molar-refractivity contribution < 1.29 is 29.3 Å². The fraction of sp³-hybridized carbons (Fsp3) is 0.714. The van der Waals surface area contributed by atoms with E-state index in [2.05, 4.69) is 9.47 Å². The Kier molecular flexibility index (Phi) is 2.80. The van der Waals surface area contributed by atoms with E-state index in [1.165, 1.54) is 0 Å². The fourth-order valence-electron chi connectivity index (χ4n) is 1.50. The Morgan fingerprint density at radius 2 is 2.00 bits per heavy atom. The van der Waals surface area contributed by atoms with E-state index in [1.807, 2.05) is 0 Å². The summed E-state index contributed by atoms with van der Waals surface area (Å²) in [6, 6.07) is 0. The molecule has 0 aromatic heterocycles. The van der Waals surface area contributed by atoms with Crippen molar-refractivity contribution in [3.8, 4) is 0 Å². The van der Waals surface area contributed by atoms with Gasteiger partial charge >= 0.3 is 12.3 Å². The summed E-state index contributed by atoms with van der Waals surface area (Å²) < 4.78 is 8.88. The lowest BCUT2D eigenvalue weighted by Gasteiger charge is -2.21. The van der Waals surface area contributed by atoms with E-state index >= 15 is 0 Å². The first-order valence-corrected chi connectivity index (χ1v) is 4.02. The molecule has 0 bridgehead atoms. The van der Waals surface area contributed by atoms with Gasteiger partial charge < -0.3 is 19.7 Å². The van der Waals surface area contributed by atoms with Gasteiger partial charge in [-0.25, -0.2) is 9.59 Å². The summed E-state index contributed by atoms with van der Waals surface area (Å²) in [5.41, 5.74) is 4.24. The molecule has 0 radical (unpaired) electrons. The SMILES string of the molecule is N[C@]1(OC(=O)O)CC[C@@H](OC(=O)O)C1. The van der Waals surface area contributed by atoms with Crippen LogP contribution in [0.15, 0.2) is 0 Å². The minimum absolute atomic E-state index is 0.0611. The Labute approximate surface area is 79.4 Å². The van der Waals surface area contributed by atoms with Gasteiger partial charge in [-0.1, -0.05) is 0 Å². The second-order valence-corrected chi connectivity index (χ2v) is 3.18. The molecule has 4 N–H and O–H groups in total. The van der Waals surface area contributed by atoms with E-state index in [-0.39, 0.29) is 12.8 Å². The van der Waals surface area contributed by atoms with Gasteiger partial charge in [0.05, 0.1) is 0 Å². The molecule has 1 aliphatic carbocycles. The smallest absolute Gasteiger partial charge is 0.450 e. The second kappa shape index (κ2) is 3.70. The zero-order valence-electron chi connectivity index (χ0n) is 7.30. The third kappa shape index (κ3) is 2.77. The zero-order valence-corrected chi connectivity index (χ0v) is 7.30. The van der Waals surface area contributed by atoms with Crippen LogP contribution in [0.25, 0.3) is 0 Å². The topological polar surface area (TPSA) is 119 Å². The van der Waals surface area contributed by atoms with Crippen molar-refractivity contribution in [2.24, 2.45) is 5.73 Å². The Balaban J connectivity index is 2.46. The van der Waals surface area contributed by atoms with Crippen LogP contribution in [0.1, 0.15) is 19.3 Å². The molecule has 0 heterocycles. The molecule has 1 aliphatic rings. The number of carbonyl (C=O) groups is 2. The molecular formula is C7H11NO6. The first-order chi connectivity index (χ1) is 6.41. The normalized spacial score (nSPS) is 31.1. The quantitative estimate of drug-likeness (QED) is 0.445. The van der Waals surface area contributed by atoms with Gasteiger partial charge in [0.2, 0.25) is 0 Å². The Hall–Kier alpha value is -1.50. The van der Waals surface area contributed by atoms with Crippen molar-refractivity contribution >= 4 is 12.3 Å². The molecule has 7 heteroatoms. The monoisotopic (exact) mass is 205 g/mol. The van der Waals surface area contributed by atoms with Crippen molar-refractivity contribution in [1.82, 2.24) is 0 Å². The number of ether oxygens (including phenoxy) is 2. The van der Waals surface area contributed by atoms with E-state index in [1.54, 1.807) is 0 Å². The van der Waals surface area contributed by atoms with Crippen molar-refractivity contribution in [2.45, 2.75) is 31.1 Å². The summed E-state index contributed by atoms with van der Waals surface area (Å²) in [5.74, 6) is 0. The number of hydrogen-bond donors (Lipinski definition) is 3.